The van der Waals surface area contributed by atoms with E-state index in [1.54, 1.807) is 12.4 Å². The third-order valence-electron chi connectivity index (χ3n) is 4.98. The summed E-state index contributed by atoms with van der Waals surface area (Å²) in [6.45, 7) is 3.96. The Kier molecular flexibility index (Phi) is 4.72. The Bertz CT molecular complexity index is 710. The van der Waals surface area contributed by atoms with Gasteiger partial charge in [-0.15, -0.1) is 0 Å². The van der Waals surface area contributed by atoms with Crippen LogP contribution in [0.5, 0.6) is 0 Å². The van der Waals surface area contributed by atoms with Gasteiger partial charge >= 0.3 is 0 Å². The van der Waals surface area contributed by atoms with Crippen molar-refractivity contribution in [2.45, 2.75) is 25.2 Å². The maximum atomic E-state index is 12.6. The highest BCUT2D eigenvalue weighted by molar-refractivity contribution is 5.92. The van der Waals surface area contributed by atoms with Gasteiger partial charge < -0.3 is 9.64 Å². The molecule has 1 amide bonds. The van der Waals surface area contributed by atoms with Crippen LogP contribution in [0.25, 0.3) is 0 Å². The predicted octanol–water partition coefficient (Wildman–Crippen LogP) is 1.59. The zero-order valence-electron chi connectivity index (χ0n) is 14.1. The van der Waals surface area contributed by atoms with E-state index in [2.05, 4.69) is 27.0 Å². The number of nitrogens with zero attached hydrogens (tertiary/aromatic N) is 4. The molecule has 0 radical (unpaired) electrons. The first-order chi connectivity index (χ1) is 12.3. The molecule has 1 aromatic carbocycles. The molecule has 130 valence electrons. The number of hydrogen-bond donors (Lipinski definition) is 0. The molecule has 3 heterocycles. The first-order valence-electron chi connectivity index (χ1n) is 8.74. The molecule has 0 unspecified atom stereocenters. The summed E-state index contributed by atoms with van der Waals surface area (Å²) in [5, 5.41) is 0. The summed E-state index contributed by atoms with van der Waals surface area (Å²) in [6.07, 6.45) is 5.88. The van der Waals surface area contributed by atoms with E-state index in [0.29, 0.717) is 18.3 Å². The van der Waals surface area contributed by atoms with Crippen molar-refractivity contribution in [3.8, 4) is 0 Å². The lowest BCUT2D eigenvalue weighted by Crippen LogP contribution is -2.52. The van der Waals surface area contributed by atoms with E-state index in [1.165, 1.54) is 11.8 Å². The van der Waals surface area contributed by atoms with E-state index in [-0.39, 0.29) is 12.0 Å². The van der Waals surface area contributed by atoms with Gasteiger partial charge in [0.1, 0.15) is 5.69 Å². The van der Waals surface area contributed by atoms with E-state index in [1.807, 2.05) is 23.1 Å². The zero-order chi connectivity index (χ0) is 17.1. The lowest BCUT2D eigenvalue weighted by atomic mass is 10.1. The van der Waals surface area contributed by atoms with Crippen molar-refractivity contribution in [1.29, 1.82) is 0 Å². The molecule has 0 spiro atoms. The molecular formula is C19H22N4O2. The van der Waals surface area contributed by atoms with Crippen LogP contribution >= 0.6 is 0 Å². The second-order valence-corrected chi connectivity index (χ2v) is 6.64. The summed E-state index contributed by atoms with van der Waals surface area (Å²) in [5.74, 6) is -0.0265. The zero-order valence-corrected chi connectivity index (χ0v) is 14.1. The first-order valence-corrected chi connectivity index (χ1v) is 8.74. The van der Waals surface area contributed by atoms with Crippen molar-refractivity contribution in [3.63, 3.8) is 0 Å². The number of aromatic nitrogens is 2. The number of fused-ring (bicyclic) bond motifs is 1. The molecule has 0 bridgehead atoms. The first kappa shape index (κ1) is 16.2. The molecule has 0 N–H and O–H groups in total. The minimum Gasteiger partial charge on any atom is -0.372 e. The summed E-state index contributed by atoms with van der Waals surface area (Å²) in [5.41, 5.74) is 1.62. The molecule has 0 aliphatic carbocycles. The normalized spacial score (nSPS) is 23.4. The quantitative estimate of drug-likeness (QED) is 0.847. The second kappa shape index (κ2) is 7.29. The molecule has 2 saturated heterocycles. The van der Waals surface area contributed by atoms with Crippen LogP contribution in [0.3, 0.4) is 0 Å². The Morgan fingerprint density at radius 3 is 2.84 bits per heavy atom. The number of carbonyl (C=O) groups excluding carboxylic acids is 1. The van der Waals surface area contributed by atoms with Crippen LogP contribution in [-0.4, -0.2) is 64.0 Å². The molecule has 2 aromatic rings. The number of benzene rings is 1. The lowest BCUT2D eigenvalue weighted by Gasteiger charge is -2.37. The fourth-order valence-corrected chi connectivity index (χ4v) is 3.66. The van der Waals surface area contributed by atoms with Gasteiger partial charge in [-0.2, -0.15) is 0 Å². The summed E-state index contributed by atoms with van der Waals surface area (Å²) < 4.78 is 6.09. The van der Waals surface area contributed by atoms with Crippen molar-refractivity contribution >= 4 is 5.91 Å². The van der Waals surface area contributed by atoms with Gasteiger partial charge in [0.05, 0.1) is 18.9 Å². The fourth-order valence-electron chi connectivity index (χ4n) is 3.66. The molecule has 25 heavy (non-hydrogen) atoms. The Morgan fingerprint density at radius 2 is 2.04 bits per heavy atom. The SMILES string of the molecule is O=C(c1cnccn1)N1CCN2C[C@H](OCc3ccccc3)C[C@H]2C1. The van der Waals surface area contributed by atoms with Crippen LogP contribution in [0.1, 0.15) is 22.5 Å². The molecule has 0 saturated carbocycles. The second-order valence-electron chi connectivity index (χ2n) is 6.64. The van der Waals surface area contributed by atoms with Crippen LogP contribution < -0.4 is 0 Å². The molecule has 6 heteroatoms. The average Bonchev–Trinajstić information content (AvgIpc) is 3.09. The highest BCUT2D eigenvalue weighted by atomic mass is 16.5. The Hall–Kier alpha value is -2.31. The molecule has 4 rings (SSSR count). The Labute approximate surface area is 147 Å². The summed E-state index contributed by atoms with van der Waals surface area (Å²) in [4.78, 5) is 25.0. The Balaban J connectivity index is 1.32. The monoisotopic (exact) mass is 338 g/mol. The van der Waals surface area contributed by atoms with Crippen molar-refractivity contribution < 1.29 is 9.53 Å². The van der Waals surface area contributed by atoms with Gasteiger partial charge in [-0.25, -0.2) is 4.98 Å². The Morgan fingerprint density at radius 1 is 1.16 bits per heavy atom. The van der Waals surface area contributed by atoms with E-state index >= 15 is 0 Å². The van der Waals surface area contributed by atoms with Crippen molar-refractivity contribution in [3.05, 3.63) is 60.2 Å². The van der Waals surface area contributed by atoms with Gasteiger partial charge in [0.2, 0.25) is 0 Å². The third kappa shape index (κ3) is 3.70. The largest absolute Gasteiger partial charge is 0.372 e. The predicted molar refractivity (Wildman–Crippen MR) is 92.9 cm³/mol. The number of piperazine rings is 1. The van der Waals surface area contributed by atoms with Crippen LogP contribution in [0.2, 0.25) is 0 Å². The molecule has 2 atom stereocenters. The third-order valence-corrected chi connectivity index (χ3v) is 4.98. The maximum absolute atomic E-state index is 12.6. The van der Waals surface area contributed by atoms with Gasteiger partial charge in [0.25, 0.3) is 5.91 Å². The number of hydrogen-bond acceptors (Lipinski definition) is 5. The topological polar surface area (TPSA) is 58.6 Å². The maximum Gasteiger partial charge on any atom is 0.274 e. The summed E-state index contributed by atoms with van der Waals surface area (Å²) >= 11 is 0. The van der Waals surface area contributed by atoms with Gasteiger partial charge in [-0.1, -0.05) is 30.3 Å². The fraction of sp³-hybridized carbons (Fsp3) is 0.421. The smallest absolute Gasteiger partial charge is 0.274 e. The van der Waals surface area contributed by atoms with Gasteiger partial charge in [0.15, 0.2) is 0 Å². The highest BCUT2D eigenvalue weighted by Crippen LogP contribution is 2.25. The van der Waals surface area contributed by atoms with Crippen LogP contribution in [0.15, 0.2) is 48.9 Å². The highest BCUT2D eigenvalue weighted by Gasteiger charge is 2.38. The summed E-state index contributed by atoms with van der Waals surface area (Å²) in [6, 6.07) is 10.6. The van der Waals surface area contributed by atoms with E-state index < -0.39 is 0 Å². The van der Waals surface area contributed by atoms with Gasteiger partial charge in [-0.05, 0) is 12.0 Å². The standard InChI is InChI=1S/C19H22N4O2/c24-19(18-11-20-6-7-21-18)23-9-8-22-13-17(10-16(22)12-23)25-14-15-4-2-1-3-5-15/h1-7,11,16-17H,8-10,12-14H2/t16-,17+/m0/s1. The minimum absolute atomic E-state index is 0.0265. The minimum atomic E-state index is -0.0265. The van der Waals surface area contributed by atoms with E-state index in [4.69, 9.17) is 4.74 Å². The molecule has 6 nitrogen and oxygen atoms in total. The number of amides is 1. The van der Waals surface area contributed by atoms with Crippen LogP contribution in [0, 0.1) is 0 Å². The van der Waals surface area contributed by atoms with Gasteiger partial charge in [0, 0.05) is 44.6 Å². The molecule has 2 aliphatic rings. The number of ether oxygens (including phenoxy) is 1. The number of rotatable bonds is 4. The van der Waals surface area contributed by atoms with Crippen LogP contribution in [-0.2, 0) is 11.3 Å². The van der Waals surface area contributed by atoms with Crippen molar-refractivity contribution in [1.82, 2.24) is 19.8 Å². The van der Waals surface area contributed by atoms with Crippen LogP contribution in [0.4, 0.5) is 0 Å². The molecule has 2 fully saturated rings. The summed E-state index contributed by atoms with van der Waals surface area (Å²) in [7, 11) is 0. The number of carbonyl (C=O) groups is 1. The van der Waals surface area contributed by atoms with Crippen molar-refractivity contribution in [2.24, 2.45) is 0 Å². The van der Waals surface area contributed by atoms with Crippen molar-refractivity contribution in [2.75, 3.05) is 26.2 Å². The average molecular weight is 338 g/mol. The van der Waals surface area contributed by atoms with Gasteiger partial charge in [-0.3, -0.25) is 14.7 Å². The van der Waals surface area contributed by atoms with E-state index in [0.717, 1.165) is 32.6 Å². The van der Waals surface area contributed by atoms with E-state index in [9.17, 15) is 4.79 Å². The molecule has 1 aromatic heterocycles. The lowest BCUT2D eigenvalue weighted by molar-refractivity contribution is 0.0450. The molecular weight excluding hydrogens is 316 g/mol. The molecule has 2 aliphatic heterocycles.